The molecule has 128 valence electrons. The van der Waals surface area contributed by atoms with Crippen LogP contribution >= 0.6 is 0 Å². The van der Waals surface area contributed by atoms with E-state index in [-0.39, 0.29) is 11.9 Å². The maximum atomic E-state index is 12.0. The van der Waals surface area contributed by atoms with Gasteiger partial charge in [0.1, 0.15) is 5.75 Å². The zero-order valence-electron chi connectivity index (χ0n) is 14.4. The van der Waals surface area contributed by atoms with E-state index in [9.17, 15) is 4.79 Å². The van der Waals surface area contributed by atoms with Crippen LogP contribution in [0.5, 0.6) is 5.75 Å². The summed E-state index contributed by atoms with van der Waals surface area (Å²) < 4.78 is 5.85. The first-order chi connectivity index (χ1) is 11.6. The summed E-state index contributed by atoms with van der Waals surface area (Å²) in [5.74, 6) is 0.646. The molecule has 0 fully saturated rings. The fourth-order valence-corrected chi connectivity index (χ4v) is 2.29. The van der Waals surface area contributed by atoms with Crippen LogP contribution in [0.25, 0.3) is 0 Å². The standard InChI is InChI=1S/C20H26N2O2/c1-16(2)21-15-20(23)22-18-12-6-7-13-19(18)24-14-8-11-17-9-4-3-5-10-17/h3-7,9-10,12-13,16,21H,8,11,14-15H2,1-2H3,(H,22,23). The Morgan fingerprint density at radius 2 is 1.75 bits per heavy atom. The molecule has 2 rings (SSSR count). The maximum Gasteiger partial charge on any atom is 0.238 e. The minimum Gasteiger partial charge on any atom is -0.491 e. The molecule has 2 aromatic rings. The molecule has 0 radical (unpaired) electrons. The molecule has 4 nitrogen and oxygen atoms in total. The van der Waals surface area contributed by atoms with E-state index in [4.69, 9.17) is 4.74 Å². The minimum atomic E-state index is -0.0657. The van der Waals surface area contributed by atoms with Gasteiger partial charge in [-0.3, -0.25) is 4.79 Å². The van der Waals surface area contributed by atoms with Gasteiger partial charge in [0.2, 0.25) is 5.91 Å². The predicted octanol–water partition coefficient (Wildman–Crippen LogP) is 3.63. The highest BCUT2D eigenvalue weighted by molar-refractivity contribution is 5.93. The van der Waals surface area contributed by atoms with Gasteiger partial charge in [0, 0.05) is 6.04 Å². The smallest absolute Gasteiger partial charge is 0.238 e. The number of benzene rings is 2. The fourth-order valence-electron chi connectivity index (χ4n) is 2.29. The van der Waals surface area contributed by atoms with Crippen LogP contribution in [-0.4, -0.2) is 25.1 Å². The molecule has 0 heterocycles. The SMILES string of the molecule is CC(C)NCC(=O)Nc1ccccc1OCCCc1ccccc1. The van der Waals surface area contributed by atoms with Crippen molar-refractivity contribution in [3.63, 3.8) is 0 Å². The van der Waals surface area contributed by atoms with Crippen molar-refractivity contribution in [2.45, 2.75) is 32.7 Å². The third kappa shape index (κ3) is 6.42. The number of ether oxygens (including phenoxy) is 1. The Labute approximate surface area is 144 Å². The molecule has 0 saturated heterocycles. The first-order valence-electron chi connectivity index (χ1n) is 8.44. The monoisotopic (exact) mass is 326 g/mol. The van der Waals surface area contributed by atoms with E-state index in [0.29, 0.717) is 24.6 Å². The van der Waals surface area contributed by atoms with Gasteiger partial charge in [0.15, 0.2) is 0 Å². The van der Waals surface area contributed by atoms with Gasteiger partial charge in [-0.2, -0.15) is 0 Å². The van der Waals surface area contributed by atoms with Gasteiger partial charge in [0.05, 0.1) is 18.8 Å². The van der Waals surface area contributed by atoms with Crippen molar-refractivity contribution in [3.05, 3.63) is 60.2 Å². The molecule has 0 atom stereocenters. The van der Waals surface area contributed by atoms with Crippen molar-refractivity contribution in [2.24, 2.45) is 0 Å². The summed E-state index contributed by atoms with van der Waals surface area (Å²) in [4.78, 5) is 12.0. The summed E-state index contributed by atoms with van der Waals surface area (Å²) in [6, 6.07) is 18.2. The molecule has 0 aliphatic rings. The predicted molar refractivity (Wildman–Crippen MR) is 98.5 cm³/mol. The van der Waals surface area contributed by atoms with Crippen molar-refractivity contribution >= 4 is 11.6 Å². The Morgan fingerprint density at radius 1 is 1.04 bits per heavy atom. The molecule has 0 saturated carbocycles. The van der Waals surface area contributed by atoms with Crippen molar-refractivity contribution in [1.29, 1.82) is 0 Å². The number of rotatable bonds is 9. The van der Waals surface area contributed by atoms with Gasteiger partial charge >= 0.3 is 0 Å². The fraction of sp³-hybridized carbons (Fsp3) is 0.350. The number of hydrogen-bond donors (Lipinski definition) is 2. The molecule has 24 heavy (non-hydrogen) atoms. The van der Waals surface area contributed by atoms with Gasteiger partial charge in [-0.1, -0.05) is 56.3 Å². The van der Waals surface area contributed by atoms with Gasteiger partial charge in [-0.05, 0) is 30.5 Å². The summed E-state index contributed by atoms with van der Waals surface area (Å²) in [5, 5.41) is 6.00. The second-order valence-electron chi connectivity index (χ2n) is 6.02. The Kier molecular flexibility index (Phi) is 7.30. The molecule has 0 aromatic heterocycles. The lowest BCUT2D eigenvalue weighted by atomic mass is 10.1. The maximum absolute atomic E-state index is 12.0. The molecule has 0 aliphatic heterocycles. The first kappa shape index (κ1) is 18.0. The summed E-state index contributed by atoms with van der Waals surface area (Å²) in [5.41, 5.74) is 2.02. The van der Waals surface area contributed by atoms with Crippen LogP contribution in [0.3, 0.4) is 0 Å². The molecule has 2 aromatic carbocycles. The summed E-state index contributed by atoms with van der Waals surface area (Å²) in [7, 11) is 0. The van der Waals surface area contributed by atoms with E-state index in [0.717, 1.165) is 12.8 Å². The molecule has 0 unspecified atom stereocenters. The summed E-state index contributed by atoms with van der Waals surface area (Å²) >= 11 is 0. The molecular formula is C20H26N2O2. The van der Waals surface area contributed by atoms with Crippen molar-refractivity contribution < 1.29 is 9.53 Å². The van der Waals surface area contributed by atoms with E-state index in [1.54, 1.807) is 0 Å². The Hall–Kier alpha value is -2.33. The largest absolute Gasteiger partial charge is 0.491 e. The average molecular weight is 326 g/mol. The number of hydrogen-bond acceptors (Lipinski definition) is 3. The zero-order valence-corrected chi connectivity index (χ0v) is 14.4. The topological polar surface area (TPSA) is 50.4 Å². The van der Waals surface area contributed by atoms with Crippen molar-refractivity contribution in [1.82, 2.24) is 5.32 Å². The molecule has 0 bridgehead atoms. The molecule has 4 heteroatoms. The molecular weight excluding hydrogens is 300 g/mol. The number of amides is 1. The zero-order chi connectivity index (χ0) is 17.2. The molecule has 2 N–H and O–H groups in total. The minimum absolute atomic E-state index is 0.0657. The van der Waals surface area contributed by atoms with E-state index >= 15 is 0 Å². The Morgan fingerprint density at radius 3 is 2.50 bits per heavy atom. The molecule has 0 spiro atoms. The van der Waals surface area contributed by atoms with Gasteiger partial charge < -0.3 is 15.4 Å². The van der Waals surface area contributed by atoms with Crippen LogP contribution in [0.4, 0.5) is 5.69 Å². The van der Waals surface area contributed by atoms with Gasteiger partial charge in [-0.15, -0.1) is 0 Å². The number of aryl methyl sites for hydroxylation is 1. The normalized spacial score (nSPS) is 10.6. The molecule has 1 amide bonds. The third-order valence-electron chi connectivity index (χ3n) is 3.54. The van der Waals surface area contributed by atoms with Gasteiger partial charge in [0.25, 0.3) is 0 Å². The lowest BCUT2D eigenvalue weighted by Crippen LogP contribution is -2.32. The van der Waals surface area contributed by atoms with Crippen LogP contribution in [0.15, 0.2) is 54.6 Å². The summed E-state index contributed by atoms with van der Waals surface area (Å²) in [6.45, 7) is 4.93. The highest BCUT2D eigenvalue weighted by Gasteiger charge is 2.08. The summed E-state index contributed by atoms with van der Waals surface area (Å²) in [6.07, 6.45) is 1.91. The van der Waals surface area contributed by atoms with Crippen LogP contribution in [0.2, 0.25) is 0 Å². The lowest BCUT2D eigenvalue weighted by Gasteiger charge is -2.13. The second-order valence-corrected chi connectivity index (χ2v) is 6.02. The Bertz CT molecular complexity index is 627. The average Bonchev–Trinajstić information content (AvgIpc) is 2.59. The Balaban J connectivity index is 1.81. The highest BCUT2D eigenvalue weighted by atomic mass is 16.5. The second kappa shape index (κ2) is 9.73. The first-order valence-corrected chi connectivity index (χ1v) is 8.44. The number of carbonyl (C=O) groups is 1. The van der Waals surface area contributed by atoms with E-state index in [2.05, 4.69) is 22.8 Å². The highest BCUT2D eigenvalue weighted by Crippen LogP contribution is 2.23. The number of anilines is 1. The molecule has 0 aliphatic carbocycles. The number of carbonyl (C=O) groups excluding carboxylic acids is 1. The van der Waals surface area contributed by atoms with E-state index in [1.807, 2.05) is 56.3 Å². The van der Waals surface area contributed by atoms with Gasteiger partial charge in [-0.25, -0.2) is 0 Å². The van der Waals surface area contributed by atoms with Crippen LogP contribution < -0.4 is 15.4 Å². The van der Waals surface area contributed by atoms with Crippen LogP contribution in [0, 0.1) is 0 Å². The quantitative estimate of drug-likeness (QED) is 0.692. The van der Waals surface area contributed by atoms with E-state index < -0.39 is 0 Å². The van der Waals surface area contributed by atoms with Crippen LogP contribution in [-0.2, 0) is 11.2 Å². The van der Waals surface area contributed by atoms with Crippen molar-refractivity contribution in [3.8, 4) is 5.75 Å². The lowest BCUT2D eigenvalue weighted by molar-refractivity contribution is -0.115. The third-order valence-corrected chi connectivity index (χ3v) is 3.54. The van der Waals surface area contributed by atoms with Crippen LogP contribution in [0.1, 0.15) is 25.8 Å². The number of nitrogens with one attached hydrogen (secondary N) is 2. The van der Waals surface area contributed by atoms with Crippen molar-refractivity contribution in [2.75, 3.05) is 18.5 Å². The number of para-hydroxylation sites is 2. The van der Waals surface area contributed by atoms with E-state index in [1.165, 1.54) is 5.56 Å².